The smallest absolute Gasteiger partial charge is 0.306 e. The van der Waals surface area contributed by atoms with Crippen LogP contribution in [0.15, 0.2) is 54.6 Å². The van der Waals surface area contributed by atoms with E-state index in [0.29, 0.717) is 17.2 Å². The third-order valence-corrected chi connectivity index (χ3v) is 3.58. The van der Waals surface area contributed by atoms with Crippen LogP contribution < -0.4 is 0 Å². The SMILES string of the molecule is CCOC(=O)CC(C(=O)c1ccc(Cl)cc1)c1ccccc1. The number of esters is 1. The summed E-state index contributed by atoms with van der Waals surface area (Å²) in [6.07, 6.45) is 0.0271. The molecule has 0 radical (unpaired) electrons. The van der Waals surface area contributed by atoms with Gasteiger partial charge in [-0.15, -0.1) is 0 Å². The van der Waals surface area contributed by atoms with E-state index in [1.165, 1.54) is 0 Å². The Labute approximate surface area is 134 Å². The molecule has 0 aliphatic rings. The van der Waals surface area contributed by atoms with Crippen molar-refractivity contribution in [1.82, 2.24) is 0 Å². The van der Waals surface area contributed by atoms with Crippen molar-refractivity contribution in [3.63, 3.8) is 0 Å². The van der Waals surface area contributed by atoms with Gasteiger partial charge in [-0.25, -0.2) is 0 Å². The van der Waals surface area contributed by atoms with Gasteiger partial charge in [-0.3, -0.25) is 9.59 Å². The number of ketones is 1. The number of halogens is 1. The molecule has 1 unspecified atom stereocenters. The average molecular weight is 317 g/mol. The fourth-order valence-corrected chi connectivity index (χ4v) is 2.38. The Bertz CT molecular complexity index is 635. The van der Waals surface area contributed by atoms with E-state index in [4.69, 9.17) is 16.3 Å². The predicted molar refractivity (Wildman–Crippen MR) is 86.2 cm³/mol. The highest BCUT2D eigenvalue weighted by molar-refractivity contribution is 6.30. The summed E-state index contributed by atoms with van der Waals surface area (Å²) in [6, 6.07) is 15.9. The minimum Gasteiger partial charge on any atom is -0.466 e. The molecule has 1 atom stereocenters. The molecule has 2 rings (SSSR count). The van der Waals surface area contributed by atoms with Gasteiger partial charge in [0.2, 0.25) is 0 Å². The number of rotatable bonds is 6. The van der Waals surface area contributed by atoms with Crippen molar-refractivity contribution < 1.29 is 14.3 Å². The normalized spacial score (nSPS) is 11.7. The Morgan fingerprint density at radius 3 is 2.27 bits per heavy atom. The van der Waals surface area contributed by atoms with E-state index in [9.17, 15) is 9.59 Å². The number of carbonyl (C=O) groups excluding carboxylic acids is 2. The number of Topliss-reactive ketones (excluding diaryl/α,β-unsaturated/α-hetero) is 1. The lowest BCUT2D eigenvalue weighted by atomic mass is 9.88. The fourth-order valence-electron chi connectivity index (χ4n) is 2.25. The zero-order valence-electron chi connectivity index (χ0n) is 12.3. The van der Waals surface area contributed by atoms with Crippen LogP contribution in [0.5, 0.6) is 0 Å². The van der Waals surface area contributed by atoms with E-state index >= 15 is 0 Å². The Morgan fingerprint density at radius 2 is 1.68 bits per heavy atom. The monoisotopic (exact) mass is 316 g/mol. The molecule has 0 aromatic heterocycles. The molecule has 114 valence electrons. The maximum Gasteiger partial charge on any atom is 0.306 e. The van der Waals surface area contributed by atoms with Gasteiger partial charge in [-0.2, -0.15) is 0 Å². The Balaban J connectivity index is 2.29. The second kappa shape index (κ2) is 7.76. The van der Waals surface area contributed by atoms with Gasteiger partial charge in [-0.05, 0) is 36.8 Å². The molecule has 0 saturated heterocycles. The molecule has 0 heterocycles. The average Bonchev–Trinajstić information content (AvgIpc) is 2.54. The number of hydrogen-bond acceptors (Lipinski definition) is 3. The number of carbonyl (C=O) groups is 2. The van der Waals surface area contributed by atoms with E-state index in [2.05, 4.69) is 0 Å². The maximum atomic E-state index is 12.7. The Kier molecular flexibility index (Phi) is 5.73. The first-order valence-corrected chi connectivity index (χ1v) is 7.50. The van der Waals surface area contributed by atoms with Gasteiger partial charge in [0.1, 0.15) is 0 Å². The summed E-state index contributed by atoms with van der Waals surface area (Å²) in [5.74, 6) is -1.05. The summed E-state index contributed by atoms with van der Waals surface area (Å²) in [5.41, 5.74) is 1.33. The lowest BCUT2D eigenvalue weighted by Gasteiger charge is -2.15. The summed E-state index contributed by atoms with van der Waals surface area (Å²) < 4.78 is 4.99. The van der Waals surface area contributed by atoms with E-state index in [0.717, 1.165) is 5.56 Å². The third-order valence-electron chi connectivity index (χ3n) is 3.32. The molecule has 0 aliphatic carbocycles. The number of hydrogen-bond donors (Lipinski definition) is 0. The van der Waals surface area contributed by atoms with Gasteiger partial charge in [-0.1, -0.05) is 41.9 Å². The Hall–Kier alpha value is -2.13. The van der Waals surface area contributed by atoms with Crippen LogP contribution >= 0.6 is 11.6 Å². The molecular weight excluding hydrogens is 300 g/mol. The lowest BCUT2D eigenvalue weighted by Crippen LogP contribution is -2.18. The summed E-state index contributed by atoms with van der Waals surface area (Å²) in [4.78, 5) is 24.6. The minimum atomic E-state index is -0.554. The molecule has 0 amide bonds. The molecule has 4 heteroatoms. The van der Waals surface area contributed by atoms with Crippen LogP contribution in [0.2, 0.25) is 5.02 Å². The fraction of sp³-hybridized carbons (Fsp3) is 0.222. The predicted octanol–water partition coefficient (Wildman–Crippen LogP) is 4.26. The van der Waals surface area contributed by atoms with E-state index in [1.807, 2.05) is 30.3 Å². The van der Waals surface area contributed by atoms with E-state index < -0.39 is 5.92 Å². The van der Waals surface area contributed by atoms with Gasteiger partial charge in [0.15, 0.2) is 5.78 Å². The molecule has 2 aromatic carbocycles. The van der Waals surface area contributed by atoms with Gasteiger partial charge in [0.25, 0.3) is 0 Å². The molecule has 22 heavy (non-hydrogen) atoms. The van der Waals surface area contributed by atoms with E-state index in [-0.39, 0.29) is 18.2 Å². The maximum absolute atomic E-state index is 12.7. The van der Waals surface area contributed by atoms with Gasteiger partial charge >= 0.3 is 5.97 Å². The van der Waals surface area contributed by atoms with Crippen LogP contribution in [0, 0.1) is 0 Å². The molecule has 3 nitrogen and oxygen atoms in total. The van der Waals surface area contributed by atoms with Crippen molar-refractivity contribution in [3.05, 3.63) is 70.7 Å². The summed E-state index contributed by atoms with van der Waals surface area (Å²) in [5, 5.41) is 0.568. The molecule has 0 saturated carbocycles. The van der Waals surface area contributed by atoms with Crippen LogP contribution in [0.25, 0.3) is 0 Å². The first kappa shape index (κ1) is 16.2. The Morgan fingerprint density at radius 1 is 1.05 bits per heavy atom. The highest BCUT2D eigenvalue weighted by Gasteiger charge is 2.25. The van der Waals surface area contributed by atoms with Crippen molar-refractivity contribution in [2.75, 3.05) is 6.61 Å². The first-order valence-electron chi connectivity index (χ1n) is 7.12. The standard InChI is InChI=1S/C18H17ClO3/c1-2-22-17(20)12-16(13-6-4-3-5-7-13)18(21)14-8-10-15(19)11-9-14/h3-11,16H,2,12H2,1H3. The number of ether oxygens (including phenoxy) is 1. The van der Waals surface area contributed by atoms with Crippen LogP contribution in [0.1, 0.15) is 35.2 Å². The van der Waals surface area contributed by atoms with Crippen molar-refractivity contribution in [2.24, 2.45) is 0 Å². The molecule has 0 fully saturated rings. The summed E-state index contributed by atoms with van der Waals surface area (Å²) in [6.45, 7) is 2.05. The summed E-state index contributed by atoms with van der Waals surface area (Å²) in [7, 11) is 0. The van der Waals surface area contributed by atoms with Gasteiger partial charge in [0, 0.05) is 10.6 Å². The molecule has 0 spiro atoms. The zero-order chi connectivity index (χ0) is 15.9. The first-order chi connectivity index (χ1) is 10.6. The minimum absolute atomic E-state index is 0.0271. The van der Waals surface area contributed by atoms with Crippen LogP contribution in [-0.2, 0) is 9.53 Å². The molecule has 2 aromatic rings. The second-order valence-electron chi connectivity index (χ2n) is 4.84. The summed E-state index contributed by atoms with van der Waals surface area (Å²) >= 11 is 5.85. The molecule has 0 N–H and O–H groups in total. The van der Waals surface area contributed by atoms with Crippen LogP contribution in [-0.4, -0.2) is 18.4 Å². The molecule has 0 bridgehead atoms. The largest absolute Gasteiger partial charge is 0.466 e. The highest BCUT2D eigenvalue weighted by Crippen LogP contribution is 2.25. The lowest BCUT2D eigenvalue weighted by molar-refractivity contribution is -0.143. The highest BCUT2D eigenvalue weighted by atomic mass is 35.5. The zero-order valence-corrected chi connectivity index (χ0v) is 13.0. The van der Waals surface area contributed by atoms with Crippen molar-refractivity contribution in [2.45, 2.75) is 19.3 Å². The third kappa shape index (κ3) is 4.18. The van der Waals surface area contributed by atoms with Gasteiger partial charge < -0.3 is 4.74 Å². The van der Waals surface area contributed by atoms with Crippen molar-refractivity contribution in [1.29, 1.82) is 0 Å². The molecule has 0 aliphatic heterocycles. The van der Waals surface area contributed by atoms with Crippen LogP contribution in [0.4, 0.5) is 0 Å². The van der Waals surface area contributed by atoms with Crippen molar-refractivity contribution >= 4 is 23.4 Å². The van der Waals surface area contributed by atoms with Crippen molar-refractivity contribution in [3.8, 4) is 0 Å². The van der Waals surface area contributed by atoms with E-state index in [1.54, 1.807) is 31.2 Å². The molecular formula is C18H17ClO3. The number of benzene rings is 2. The second-order valence-corrected chi connectivity index (χ2v) is 5.28. The quantitative estimate of drug-likeness (QED) is 0.591. The topological polar surface area (TPSA) is 43.4 Å². The van der Waals surface area contributed by atoms with Crippen LogP contribution in [0.3, 0.4) is 0 Å². The van der Waals surface area contributed by atoms with Gasteiger partial charge in [0.05, 0.1) is 18.9 Å².